The van der Waals surface area contributed by atoms with Crippen molar-refractivity contribution in [3.05, 3.63) is 29.5 Å². The third-order valence-electron chi connectivity index (χ3n) is 6.20. The monoisotopic (exact) mass is 355 g/mol. The molecule has 3 atom stereocenters. The smallest absolute Gasteiger partial charge is 0.317 e. The number of carbonyl (C=O) groups excluding carboxylic acids is 1. The van der Waals surface area contributed by atoms with E-state index in [4.69, 9.17) is 5.73 Å². The molecule has 2 amide bonds. The number of anilines is 1. The highest BCUT2D eigenvalue weighted by Crippen LogP contribution is 2.43. The molecule has 0 bridgehead atoms. The van der Waals surface area contributed by atoms with Crippen LogP contribution >= 0.6 is 0 Å². The molecule has 1 aliphatic carbocycles. The van der Waals surface area contributed by atoms with Crippen LogP contribution < -0.4 is 11.1 Å². The first-order valence-electron chi connectivity index (χ1n) is 9.66. The first-order valence-corrected chi connectivity index (χ1v) is 9.66. The Morgan fingerprint density at radius 2 is 2.15 bits per heavy atom. The Morgan fingerprint density at radius 3 is 2.88 bits per heavy atom. The molecule has 140 valence electrons. The number of aromatic nitrogens is 1. The lowest BCUT2D eigenvalue weighted by Crippen LogP contribution is -2.56. The Balaban J connectivity index is 1.63. The number of nitrogens with zero attached hydrogens (tertiary/aromatic N) is 2. The number of amides is 2. The van der Waals surface area contributed by atoms with Crippen LogP contribution in [0.5, 0.6) is 0 Å². The predicted octanol–water partition coefficient (Wildman–Crippen LogP) is 2.51. The van der Waals surface area contributed by atoms with E-state index in [2.05, 4.69) is 34.5 Å². The SMILES string of the molecule is CCN(CC)C(=O)N[C@H]1CC2c3cc(N)cc4[nH]cc(c34)C[C@H]2N(C)C1. The lowest BCUT2D eigenvalue weighted by atomic mass is 9.74. The summed E-state index contributed by atoms with van der Waals surface area (Å²) in [4.78, 5) is 20.1. The largest absolute Gasteiger partial charge is 0.399 e. The van der Waals surface area contributed by atoms with Gasteiger partial charge in [-0.3, -0.25) is 0 Å². The number of fused-ring (bicyclic) bond motifs is 2. The maximum Gasteiger partial charge on any atom is 0.317 e. The number of nitrogens with two attached hydrogens (primary N) is 1. The summed E-state index contributed by atoms with van der Waals surface area (Å²) in [5.41, 5.74) is 10.8. The summed E-state index contributed by atoms with van der Waals surface area (Å²) in [6.45, 7) is 6.40. The molecule has 2 heterocycles. The average molecular weight is 355 g/mol. The maximum absolute atomic E-state index is 12.5. The molecule has 6 heteroatoms. The minimum Gasteiger partial charge on any atom is -0.399 e. The van der Waals surface area contributed by atoms with Crippen LogP contribution in [0.25, 0.3) is 10.9 Å². The minimum atomic E-state index is 0.0442. The number of likely N-dealkylation sites (tertiary alicyclic amines) is 1. The zero-order valence-electron chi connectivity index (χ0n) is 15.9. The second-order valence-electron chi connectivity index (χ2n) is 7.72. The highest BCUT2D eigenvalue weighted by atomic mass is 16.2. The Hall–Kier alpha value is -2.21. The highest BCUT2D eigenvalue weighted by Gasteiger charge is 2.40. The van der Waals surface area contributed by atoms with Crippen molar-refractivity contribution in [2.75, 3.05) is 32.4 Å². The number of piperidine rings is 1. The van der Waals surface area contributed by atoms with Gasteiger partial charge < -0.3 is 25.8 Å². The van der Waals surface area contributed by atoms with Crippen LogP contribution in [0.1, 0.15) is 37.3 Å². The molecular weight excluding hydrogens is 326 g/mol. The number of rotatable bonds is 3. The second kappa shape index (κ2) is 6.50. The topological polar surface area (TPSA) is 77.4 Å². The highest BCUT2D eigenvalue weighted by molar-refractivity contribution is 5.91. The van der Waals surface area contributed by atoms with Crippen LogP contribution in [0.15, 0.2) is 18.3 Å². The Bertz CT molecular complexity index is 825. The van der Waals surface area contributed by atoms with Crippen molar-refractivity contribution in [3.63, 3.8) is 0 Å². The maximum atomic E-state index is 12.5. The molecule has 1 aromatic carbocycles. The molecule has 4 rings (SSSR count). The fourth-order valence-corrected chi connectivity index (χ4v) is 4.92. The first-order chi connectivity index (χ1) is 12.5. The lowest BCUT2D eigenvalue weighted by molar-refractivity contribution is 0.124. The molecule has 1 fully saturated rings. The number of carbonyl (C=O) groups is 1. The molecule has 6 nitrogen and oxygen atoms in total. The summed E-state index contributed by atoms with van der Waals surface area (Å²) >= 11 is 0. The van der Waals surface area contributed by atoms with E-state index in [1.54, 1.807) is 0 Å². The number of nitrogens with one attached hydrogen (secondary N) is 2. The van der Waals surface area contributed by atoms with Crippen molar-refractivity contribution in [2.24, 2.45) is 0 Å². The molecule has 1 aliphatic heterocycles. The summed E-state index contributed by atoms with van der Waals surface area (Å²) in [7, 11) is 2.18. The summed E-state index contributed by atoms with van der Waals surface area (Å²) < 4.78 is 0. The Kier molecular flexibility index (Phi) is 4.31. The van der Waals surface area contributed by atoms with Crippen LogP contribution in [0.2, 0.25) is 0 Å². The van der Waals surface area contributed by atoms with Gasteiger partial charge in [0.2, 0.25) is 0 Å². The predicted molar refractivity (Wildman–Crippen MR) is 105 cm³/mol. The van der Waals surface area contributed by atoms with Crippen molar-refractivity contribution in [2.45, 2.75) is 44.7 Å². The average Bonchev–Trinajstić information content (AvgIpc) is 3.00. The van der Waals surface area contributed by atoms with E-state index in [-0.39, 0.29) is 12.1 Å². The molecule has 2 aliphatic rings. The van der Waals surface area contributed by atoms with E-state index in [9.17, 15) is 4.79 Å². The Labute approximate surface area is 154 Å². The van der Waals surface area contributed by atoms with Crippen LogP contribution in [-0.4, -0.2) is 59.6 Å². The zero-order chi connectivity index (χ0) is 18.4. The third kappa shape index (κ3) is 2.72. The minimum absolute atomic E-state index is 0.0442. The number of urea groups is 1. The van der Waals surface area contributed by atoms with E-state index < -0.39 is 0 Å². The van der Waals surface area contributed by atoms with Crippen LogP contribution in [0.4, 0.5) is 10.5 Å². The van der Waals surface area contributed by atoms with Gasteiger partial charge in [-0.15, -0.1) is 0 Å². The Morgan fingerprint density at radius 1 is 1.38 bits per heavy atom. The first kappa shape index (κ1) is 17.2. The van der Waals surface area contributed by atoms with Gasteiger partial charge in [0.1, 0.15) is 0 Å². The number of hydrogen-bond donors (Lipinski definition) is 3. The number of likely N-dealkylation sites (N-methyl/N-ethyl adjacent to an activating group) is 1. The van der Waals surface area contributed by atoms with Gasteiger partial charge in [0.15, 0.2) is 0 Å². The van der Waals surface area contributed by atoms with E-state index in [0.717, 1.165) is 43.7 Å². The second-order valence-corrected chi connectivity index (χ2v) is 7.72. The van der Waals surface area contributed by atoms with Gasteiger partial charge >= 0.3 is 6.03 Å². The zero-order valence-corrected chi connectivity index (χ0v) is 15.9. The number of hydrogen-bond acceptors (Lipinski definition) is 3. The van der Waals surface area contributed by atoms with Gasteiger partial charge in [-0.05, 0) is 57.0 Å². The van der Waals surface area contributed by atoms with Crippen molar-refractivity contribution in [1.82, 2.24) is 20.1 Å². The fraction of sp³-hybridized carbons (Fsp3) is 0.550. The normalized spacial score (nSPS) is 25.1. The molecule has 1 saturated heterocycles. The number of aromatic amines is 1. The summed E-state index contributed by atoms with van der Waals surface area (Å²) in [6, 6.07) is 4.83. The third-order valence-corrected chi connectivity index (χ3v) is 6.20. The number of benzene rings is 1. The molecule has 0 saturated carbocycles. The molecule has 0 radical (unpaired) electrons. The van der Waals surface area contributed by atoms with Crippen molar-refractivity contribution >= 4 is 22.6 Å². The van der Waals surface area contributed by atoms with Gasteiger partial charge in [-0.1, -0.05) is 0 Å². The molecule has 2 aromatic rings. The standard InChI is InChI=1S/C20H29N5O/c1-4-25(5-2)20(26)23-14-9-15-16-7-13(21)8-17-19(16)12(10-22-17)6-18(15)24(3)11-14/h7-8,10,14-15,18,22H,4-6,9,11,21H2,1-3H3,(H,23,26)/t14-,15?,18+/m0/s1. The van der Waals surface area contributed by atoms with Gasteiger partial charge in [0, 0.05) is 60.4 Å². The lowest BCUT2D eigenvalue weighted by Gasteiger charge is -2.46. The van der Waals surface area contributed by atoms with Crippen molar-refractivity contribution < 1.29 is 4.79 Å². The molecule has 0 spiro atoms. The van der Waals surface area contributed by atoms with Crippen LogP contribution in [0, 0.1) is 0 Å². The molecule has 1 aromatic heterocycles. The fourth-order valence-electron chi connectivity index (χ4n) is 4.92. The quantitative estimate of drug-likeness (QED) is 0.741. The van der Waals surface area contributed by atoms with Gasteiger partial charge in [0.25, 0.3) is 0 Å². The van der Waals surface area contributed by atoms with Crippen molar-refractivity contribution in [1.29, 1.82) is 0 Å². The van der Waals surface area contributed by atoms with Crippen LogP contribution in [0.3, 0.4) is 0 Å². The van der Waals surface area contributed by atoms with E-state index in [1.165, 1.54) is 16.5 Å². The molecule has 4 N–H and O–H groups in total. The van der Waals surface area contributed by atoms with Crippen LogP contribution in [-0.2, 0) is 6.42 Å². The summed E-state index contributed by atoms with van der Waals surface area (Å²) in [5, 5.41) is 4.59. The summed E-state index contributed by atoms with van der Waals surface area (Å²) in [5.74, 6) is 0.394. The van der Waals surface area contributed by atoms with E-state index in [1.807, 2.05) is 24.8 Å². The van der Waals surface area contributed by atoms with Crippen molar-refractivity contribution in [3.8, 4) is 0 Å². The molecule has 26 heavy (non-hydrogen) atoms. The molecule has 1 unspecified atom stereocenters. The summed E-state index contributed by atoms with van der Waals surface area (Å²) in [6.07, 6.45) is 4.14. The molecular formula is C20H29N5O. The van der Waals surface area contributed by atoms with Gasteiger partial charge in [-0.2, -0.15) is 0 Å². The van der Waals surface area contributed by atoms with E-state index in [0.29, 0.717) is 12.0 Å². The van der Waals surface area contributed by atoms with Gasteiger partial charge in [-0.25, -0.2) is 4.79 Å². The van der Waals surface area contributed by atoms with E-state index >= 15 is 0 Å². The van der Waals surface area contributed by atoms with Gasteiger partial charge in [0.05, 0.1) is 0 Å². The number of H-pyrrole nitrogens is 1. The number of nitrogen functional groups attached to an aromatic ring is 1.